The normalized spacial score (nSPS) is 13.5. The maximum atomic E-state index is 13.1. The molecule has 0 radical (unpaired) electrons. The Hall–Kier alpha value is -3.00. The summed E-state index contributed by atoms with van der Waals surface area (Å²) >= 11 is 1.60. The summed E-state index contributed by atoms with van der Waals surface area (Å²) in [5.41, 5.74) is 2.72. The van der Waals surface area contributed by atoms with Crippen molar-refractivity contribution in [3.05, 3.63) is 57.0 Å². The summed E-state index contributed by atoms with van der Waals surface area (Å²) in [7, 11) is 1.56. The zero-order chi connectivity index (χ0) is 22.0. The van der Waals surface area contributed by atoms with Crippen LogP contribution in [-0.2, 0) is 29.0 Å². The molecule has 7 nitrogen and oxygen atoms in total. The van der Waals surface area contributed by atoms with Crippen LogP contribution in [0.4, 0.5) is 5.69 Å². The maximum Gasteiger partial charge on any atom is 0.262 e. The molecule has 162 valence electrons. The summed E-state index contributed by atoms with van der Waals surface area (Å²) in [5, 5.41) is 3.44. The van der Waals surface area contributed by atoms with Gasteiger partial charge in [-0.2, -0.15) is 0 Å². The van der Waals surface area contributed by atoms with Gasteiger partial charge in [-0.25, -0.2) is 4.98 Å². The summed E-state index contributed by atoms with van der Waals surface area (Å²) in [6, 6.07) is 7.45. The molecule has 4 rings (SSSR count). The Morgan fingerprint density at radius 2 is 1.90 bits per heavy atom. The standard InChI is InChI=1S/C23H26N4O3S/c1-15-8-10-16(11-9-15)25-19(28)12-26(2)20(29)13-27-14-24-22-21(23(27)30)17-6-4-3-5-7-18(17)31-22/h8-11,14H,3-7,12-13H2,1-2H3,(H,25,28). The fourth-order valence-electron chi connectivity index (χ4n) is 3.88. The highest BCUT2D eigenvalue weighted by atomic mass is 32.1. The first-order valence-corrected chi connectivity index (χ1v) is 11.3. The molecule has 8 heteroatoms. The fourth-order valence-corrected chi connectivity index (χ4v) is 5.10. The summed E-state index contributed by atoms with van der Waals surface area (Å²) in [6.45, 7) is 1.74. The van der Waals surface area contributed by atoms with Crippen molar-refractivity contribution in [3.63, 3.8) is 0 Å². The topological polar surface area (TPSA) is 84.3 Å². The number of thiophene rings is 1. The molecular formula is C23H26N4O3S. The predicted octanol–water partition coefficient (Wildman–Crippen LogP) is 3.13. The molecule has 0 aliphatic heterocycles. The summed E-state index contributed by atoms with van der Waals surface area (Å²) in [4.78, 5) is 45.8. The van der Waals surface area contributed by atoms with Crippen molar-refractivity contribution >= 4 is 39.1 Å². The van der Waals surface area contributed by atoms with Crippen LogP contribution in [0.25, 0.3) is 10.2 Å². The van der Waals surface area contributed by atoms with E-state index in [1.807, 2.05) is 31.2 Å². The molecule has 1 N–H and O–H groups in total. The highest BCUT2D eigenvalue weighted by molar-refractivity contribution is 7.18. The molecule has 0 fully saturated rings. The number of fused-ring (bicyclic) bond motifs is 3. The minimum Gasteiger partial charge on any atom is -0.335 e. The Balaban J connectivity index is 1.45. The molecule has 31 heavy (non-hydrogen) atoms. The van der Waals surface area contributed by atoms with Crippen LogP contribution in [0.1, 0.15) is 35.3 Å². The number of amides is 2. The zero-order valence-corrected chi connectivity index (χ0v) is 18.6. The van der Waals surface area contributed by atoms with Crippen LogP contribution in [0, 0.1) is 6.92 Å². The van der Waals surface area contributed by atoms with Crippen molar-refractivity contribution < 1.29 is 9.59 Å². The lowest BCUT2D eigenvalue weighted by Gasteiger charge is -2.17. The average Bonchev–Trinajstić information content (AvgIpc) is 2.93. The van der Waals surface area contributed by atoms with Gasteiger partial charge in [0.2, 0.25) is 11.8 Å². The molecule has 0 saturated carbocycles. The van der Waals surface area contributed by atoms with Gasteiger partial charge in [0.15, 0.2) is 0 Å². The van der Waals surface area contributed by atoms with E-state index in [0.29, 0.717) is 11.1 Å². The van der Waals surface area contributed by atoms with E-state index in [-0.39, 0.29) is 30.5 Å². The van der Waals surface area contributed by atoms with Gasteiger partial charge in [0.05, 0.1) is 18.3 Å². The molecule has 2 amide bonds. The SMILES string of the molecule is Cc1ccc(NC(=O)CN(C)C(=O)Cn2cnc3sc4c(c3c2=O)CCCCC4)cc1. The van der Waals surface area contributed by atoms with Crippen LogP contribution in [0.2, 0.25) is 0 Å². The predicted molar refractivity (Wildman–Crippen MR) is 123 cm³/mol. The van der Waals surface area contributed by atoms with Crippen molar-refractivity contribution in [2.75, 3.05) is 18.9 Å². The Morgan fingerprint density at radius 3 is 2.68 bits per heavy atom. The van der Waals surface area contributed by atoms with Crippen molar-refractivity contribution in [3.8, 4) is 0 Å². The zero-order valence-electron chi connectivity index (χ0n) is 17.8. The molecule has 1 aliphatic carbocycles. The lowest BCUT2D eigenvalue weighted by atomic mass is 10.1. The second kappa shape index (κ2) is 9.01. The molecule has 2 aromatic heterocycles. The Labute approximate surface area is 184 Å². The minimum atomic E-state index is -0.316. The molecule has 3 aromatic rings. The highest BCUT2D eigenvalue weighted by Crippen LogP contribution is 2.32. The van der Waals surface area contributed by atoms with Gasteiger partial charge in [-0.3, -0.25) is 19.0 Å². The van der Waals surface area contributed by atoms with E-state index in [4.69, 9.17) is 0 Å². The van der Waals surface area contributed by atoms with E-state index >= 15 is 0 Å². The summed E-state index contributed by atoms with van der Waals surface area (Å²) in [6.07, 6.45) is 6.72. The number of nitrogens with zero attached hydrogens (tertiary/aromatic N) is 3. The van der Waals surface area contributed by atoms with Gasteiger partial charge in [-0.15, -0.1) is 11.3 Å². The van der Waals surface area contributed by atoms with E-state index in [2.05, 4.69) is 10.3 Å². The summed E-state index contributed by atoms with van der Waals surface area (Å²) in [5.74, 6) is -0.604. The third-order valence-electron chi connectivity index (χ3n) is 5.64. The lowest BCUT2D eigenvalue weighted by molar-refractivity contribution is -0.133. The van der Waals surface area contributed by atoms with Crippen molar-refractivity contribution in [1.82, 2.24) is 14.5 Å². The Bertz CT molecular complexity index is 1180. The number of aromatic nitrogens is 2. The quantitative estimate of drug-likeness (QED) is 0.621. The Morgan fingerprint density at radius 1 is 1.16 bits per heavy atom. The van der Waals surface area contributed by atoms with E-state index in [9.17, 15) is 14.4 Å². The number of hydrogen-bond donors (Lipinski definition) is 1. The van der Waals surface area contributed by atoms with Crippen LogP contribution in [0.3, 0.4) is 0 Å². The molecule has 0 unspecified atom stereocenters. The number of rotatable bonds is 5. The minimum absolute atomic E-state index is 0.0923. The number of hydrogen-bond acceptors (Lipinski definition) is 5. The number of aryl methyl sites for hydroxylation is 3. The first-order valence-electron chi connectivity index (χ1n) is 10.5. The largest absolute Gasteiger partial charge is 0.335 e. The van der Waals surface area contributed by atoms with Crippen molar-refractivity contribution in [2.24, 2.45) is 0 Å². The third kappa shape index (κ3) is 4.69. The van der Waals surface area contributed by atoms with Gasteiger partial charge < -0.3 is 10.2 Å². The lowest BCUT2D eigenvalue weighted by Crippen LogP contribution is -2.38. The number of nitrogens with one attached hydrogen (secondary N) is 1. The molecule has 2 heterocycles. The van der Waals surface area contributed by atoms with Crippen LogP contribution in [0.5, 0.6) is 0 Å². The molecule has 0 saturated heterocycles. The van der Waals surface area contributed by atoms with Crippen molar-refractivity contribution in [2.45, 2.75) is 45.6 Å². The molecular weight excluding hydrogens is 412 g/mol. The monoisotopic (exact) mass is 438 g/mol. The van der Waals surface area contributed by atoms with E-state index in [1.165, 1.54) is 27.1 Å². The smallest absolute Gasteiger partial charge is 0.262 e. The number of carbonyl (C=O) groups is 2. The van der Waals surface area contributed by atoms with Crippen molar-refractivity contribution in [1.29, 1.82) is 0 Å². The van der Waals surface area contributed by atoms with Crippen LogP contribution >= 0.6 is 11.3 Å². The number of anilines is 1. The number of benzene rings is 1. The van der Waals surface area contributed by atoms with Gasteiger partial charge in [0, 0.05) is 17.6 Å². The second-order valence-electron chi connectivity index (χ2n) is 8.09. The molecule has 0 bridgehead atoms. The molecule has 0 spiro atoms. The fraction of sp³-hybridized carbons (Fsp3) is 0.391. The van der Waals surface area contributed by atoms with E-state index in [1.54, 1.807) is 18.4 Å². The van der Waals surface area contributed by atoms with Gasteiger partial charge >= 0.3 is 0 Å². The second-order valence-corrected chi connectivity index (χ2v) is 9.17. The highest BCUT2D eigenvalue weighted by Gasteiger charge is 2.21. The molecule has 0 atom stereocenters. The van der Waals surface area contributed by atoms with Gasteiger partial charge in [0.25, 0.3) is 5.56 Å². The van der Waals surface area contributed by atoms with Gasteiger partial charge in [0.1, 0.15) is 11.4 Å². The maximum absolute atomic E-state index is 13.1. The van der Waals surface area contributed by atoms with E-state index in [0.717, 1.165) is 41.6 Å². The molecule has 1 aliphatic rings. The first-order chi connectivity index (χ1) is 14.9. The first kappa shape index (κ1) is 21.2. The third-order valence-corrected chi connectivity index (χ3v) is 6.84. The average molecular weight is 439 g/mol. The van der Waals surface area contributed by atoms with Gasteiger partial charge in [-0.05, 0) is 50.3 Å². The Kier molecular flexibility index (Phi) is 6.18. The van der Waals surface area contributed by atoms with Gasteiger partial charge in [-0.1, -0.05) is 24.1 Å². The van der Waals surface area contributed by atoms with Crippen LogP contribution in [0.15, 0.2) is 35.4 Å². The molecule has 1 aromatic carbocycles. The summed E-state index contributed by atoms with van der Waals surface area (Å²) < 4.78 is 1.36. The number of likely N-dealkylation sites (N-methyl/N-ethyl adjacent to an activating group) is 1. The number of carbonyl (C=O) groups excluding carboxylic acids is 2. The van der Waals surface area contributed by atoms with E-state index < -0.39 is 0 Å². The van der Waals surface area contributed by atoms with Crippen LogP contribution in [-0.4, -0.2) is 39.9 Å². The van der Waals surface area contributed by atoms with Crippen LogP contribution < -0.4 is 10.9 Å².